The molecule has 1 heterocycles. The Morgan fingerprint density at radius 1 is 1.35 bits per heavy atom. The molecule has 4 heteroatoms. The molecule has 1 saturated carbocycles. The van der Waals surface area contributed by atoms with E-state index in [9.17, 15) is 0 Å². The highest BCUT2D eigenvalue weighted by atomic mass is 127. The molecule has 0 amide bonds. The van der Waals surface area contributed by atoms with Crippen LogP contribution in [0.1, 0.15) is 44.9 Å². The molecule has 1 aliphatic carbocycles. The first-order chi connectivity index (χ1) is 9.67. The third kappa shape index (κ3) is 2.59. The lowest BCUT2D eigenvalue weighted by Gasteiger charge is -2.29. The van der Waals surface area contributed by atoms with E-state index in [1.807, 2.05) is 0 Å². The number of aromatic nitrogens is 2. The Morgan fingerprint density at radius 2 is 2.10 bits per heavy atom. The highest BCUT2D eigenvalue weighted by molar-refractivity contribution is 14.1. The quantitative estimate of drug-likeness (QED) is 0.498. The molecule has 0 saturated heterocycles. The second-order valence-electron chi connectivity index (χ2n) is 5.94. The van der Waals surface area contributed by atoms with Gasteiger partial charge in [0.05, 0.1) is 16.9 Å². The Hall–Kier alpha value is -0.290. The Balaban J connectivity index is 2.05. The standard InChI is InChI=1S/C16H20ClIN2/c1-2-16(7-3-4-8-16)11-20-14-6-5-12(18)9-13(14)19-15(20)10-17/h5-6,9H,2-4,7-8,10-11H2,1H3. The van der Waals surface area contributed by atoms with Crippen molar-refractivity contribution >= 4 is 45.2 Å². The van der Waals surface area contributed by atoms with Crippen molar-refractivity contribution in [2.75, 3.05) is 0 Å². The summed E-state index contributed by atoms with van der Waals surface area (Å²) in [4.78, 5) is 4.73. The van der Waals surface area contributed by atoms with Gasteiger partial charge in [0.25, 0.3) is 0 Å². The van der Waals surface area contributed by atoms with Crippen molar-refractivity contribution in [1.29, 1.82) is 0 Å². The van der Waals surface area contributed by atoms with E-state index in [0.29, 0.717) is 11.3 Å². The number of imidazole rings is 1. The van der Waals surface area contributed by atoms with Crippen LogP contribution in [0.4, 0.5) is 0 Å². The van der Waals surface area contributed by atoms with Crippen molar-refractivity contribution in [2.45, 2.75) is 51.5 Å². The van der Waals surface area contributed by atoms with Crippen LogP contribution in [-0.4, -0.2) is 9.55 Å². The van der Waals surface area contributed by atoms with Crippen LogP contribution >= 0.6 is 34.2 Å². The molecule has 108 valence electrons. The number of alkyl halides is 1. The molecule has 0 unspecified atom stereocenters. The molecule has 2 aromatic rings. The van der Waals surface area contributed by atoms with Gasteiger partial charge in [0.2, 0.25) is 0 Å². The predicted octanol–water partition coefficient (Wildman–Crippen LogP) is 5.35. The number of hydrogen-bond donors (Lipinski definition) is 0. The minimum absolute atomic E-state index is 0.456. The van der Waals surface area contributed by atoms with Crippen LogP contribution in [0.15, 0.2) is 18.2 Å². The molecule has 0 N–H and O–H groups in total. The maximum atomic E-state index is 6.13. The van der Waals surface area contributed by atoms with Gasteiger partial charge in [-0.1, -0.05) is 19.8 Å². The van der Waals surface area contributed by atoms with Crippen molar-refractivity contribution in [1.82, 2.24) is 9.55 Å². The van der Waals surface area contributed by atoms with Gasteiger partial charge in [0.15, 0.2) is 0 Å². The summed E-state index contributed by atoms with van der Waals surface area (Å²) >= 11 is 8.47. The second kappa shape index (κ2) is 5.84. The van der Waals surface area contributed by atoms with E-state index in [1.165, 1.54) is 41.2 Å². The minimum atomic E-state index is 0.456. The normalized spacial score (nSPS) is 17.9. The molecule has 1 aromatic heterocycles. The average Bonchev–Trinajstić information content (AvgIpc) is 3.04. The Kier molecular flexibility index (Phi) is 4.27. The van der Waals surface area contributed by atoms with Crippen molar-refractivity contribution in [3.63, 3.8) is 0 Å². The van der Waals surface area contributed by atoms with Gasteiger partial charge >= 0.3 is 0 Å². The molecule has 1 aromatic carbocycles. The second-order valence-corrected chi connectivity index (χ2v) is 7.45. The molecule has 2 nitrogen and oxygen atoms in total. The third-order valence-corrected chi connectivity index (χ3v) is 5.73. The third-order valence-electron chi connectivity index (χ3n) is 4.82. The lowest BCUT2D eigenvalue weighted by molar-refractivity contribution is 0.238. The number of fused-ring (bicyclic) bond motifs is 1. The molecule has 0 radical (unpaired) electrons. The first-order valence-electron chi connectivity index (χ1n) is 7.38. The average molecular weight is 403 g/mol. The van der Waals surface area contributed by atoms with E-state index in [4.69, 9.17) is 16.6 Å². The van der Waals surface area contributed by atoms with Crippen LogP contribution in [0.3, 0.4) is 0 Å². The molecule has 3 rings (SSSR count). The maximum Gasteiger partial charge on any atom is 0.124 e. The molecule has 0 aliphatic heterocycles. The number of nitrogens with zero attached hydrogens (tertiary/aromatic N) is 2. The highest BCUT2D eigenvalue weighted by Gasteiger charge is 2.33. The van der Waals surface area contributed by atoms with Crippen LogP contribution in [0.25, 0.3) is 11.0 Å². The first kappa shape index (κ1) is 14.6. The highest BCUT2D eigenvalue weighted by Crippen LogP contribution is 2.43. The van der Waals surface area contributed by atoms with Crippen molar-refractivity contribution in [2.24, 2.45) is 5.41 Å². The van der Waals surface area contributed by atoms with Crippen LogP contribution < -0.4 is 0 Å². The largest absolute Gasteiger partial charge is 0.326 e. The summed E-state index contributed by atoms with van der Waals surface area (Å²) in [5.74, 6) is 1.51. The van der Waals surface area contributed by atoms with Crippen LogP contribution in [0.5, 0.6) is 0 Å². The topological polar surface area (TPSA) is 17.8 Å². The lowest BCUT2D eigenvalue weighted by atomic mass is 9.83. The Labute approximate surface area is 139 Å². The van der Waals surface area contributed by atoms with Gasteiger partial charge < -0.3 is 4.57 Å². The number of hydrogen-bond acceptors (Lipinski definition) is 1. The summed E-state index contributed by atoms with van der Waals surface area (Å²) in [6.07, 6.45) is 6.67. The van der Waals surface area contributed by atoms with Gasteiger partial charge in [-0.05, 0) is 65.5 Å². The van der Waals surface area contributed by atoms with Crippen LogP contribution in [0.2, 0.25) is 0 Å². The van der Waals surface area contributed by atoms with Crippen LogP contribution in [0, 0.1) is 8.99 Å². The SMILES string of the molecule is CCC1(Cn2c(CCl)nc3cc(I)ccc32)CCCC1. The van der Waals surface area contributed by atoms with Gasteiger partial charge in [-0.2, -0.15) is 0 Å². The number of halogens is 2. The van der Waals surface area contributed by atoms with Crippen molar-refractivity contribution in [3.8, 4) is 0 Å². The number of benzene rings is 1. The van der Waals surface area contributed by atoms with Gasteiger partial charge in [-0.25, -0.2) is 4.98 Å². The molecule has 0 spiro atoms. The van der Waals surface area contributed by atoms with E-state index < -0.39 is 0 Å². The van der Waals surface area contributed by atoms with Gasteiger partial charge in [0, 0.05) is 10.1 Å². The van der Waals surface area contributed by atoms with E-state index in [-0.39, 0.29) is 0 Å². The molecule has 20 heavy (non-hydrogen) atoms. The van der Waals surface area contributed by atoms with E-state index >= 15 is 0 Å². The zero-order chi connectivity index (χ0) is 14.2. The van der Waals surface area contributed by atoms with Gasteiger partial charge in [0.1, 0.15) is 5.82 Å². The Morgan fingerprint density at radius 3 is 2.75 bits per heavy atom. The van der Waals surface area contributed by atoms with E-state index in [1.54, 1.807) is 0 Å². The predicted molar refractivity (Wildman–Crippen MR) is 93.2 cm³/mol. The molecule has 1 aliphatic rings. The van der Waals surface area contributed by atoms with E-state index in [0.717, 1.165) is 17.9 Å². The summed E-state index contributed by atoms with van der Waals surface area (Å²) in [6, 6.07) is 6.50. The first-order valence-corrected chi connectivity index (χ1v) is 8.99. The summed E-state index contributed by atoms with van der Waals surface area (Å²) in [6.45, 7) is 3.40. The zero-order valence-corrected chi connectivity index (χ0v) is 14.7. The maximum absolute atomic E-state index is 6.13. The summed E-state index contributed by atoms with van der Waals surface area (Å²) in [5.41, 5.74) is 2.77. The summed E-state index contributed by atoms with van der Waals surface area (Å²) in [7, 11) is 0. The van der Waals surface area contributed by atoms with Crippen molar-refractivity contribution in [3.05, 3.63) is 27.6 Å². The molecular weight excluding hydrogens is 383 g/mol. The number of rotatable bonds is 4. The molecular formula is C16H20ClIN2. The lowest BCUT2D eigenvalue weighted by Crippen LogP contribution is -2.23. The minimum Gasteiger partial charge on any atom is -0.326 e. The molecule has 0 bridgehead atoms. The summed E-state index contributed by atoms with van der Waals surface area (Å²) in [5, 5.41) is 0. The van der Waals surface area contributed by atoms with Gasteiger partial charge in [-0.3, -0.25) is 0 Å². The fourth-order valence-corrected chi connectivity index (χ4v) is 4.19. The Bertz CT molecular complexity index is 614. The van der Waals surface area contributed by atoms with E-state index in [2.05, 4.69) is 52.3 Å². The fourth-order valence-electron chi connectivity index (χ4n) is 3.52. The van der Waals surface area contributed by atoms with Crippen LogP contribution in [-0.2, 0) is 12.4 Å². The smallest absolute Gasteiger partial charge is 0.124 e. The van der Waals surface area contributed by atoms with Crippen molar-refractivity contribution < 1.29 is 0 Å². The fraction of sp³-hybridized carbons (Fsp3) is 0.562. The zero-order valence-electron chi connectivity index (χ0n) is 11.8. The molecule has 0 atom stereocenters. The molecule has 1 fully saturated rings. The summed E-state index contributed by atoms with van der Waals surface area (Å²) < 4.78 is 3.60. The monoisotopic (exact) mass is 402 g/mol. The van der Waals surface area contributed by atoms with Gasteiger partial charge in [-0.15, -0.1) is 11.6 Å².